The number of thiophene rings is 1. The lowest BCUT2D eigenvalue weighted by Gasteiger charge is -2.04. The Morgan fingerprint density at radius 2 is 2.15 bits per heavy atom. The van der Waals surface area contributed by atoms with E-state index >= 15 is 0 Å². The molecule has 0 bridgehead atoms. The average molecular weight is 317 g/mol. The van der Waals surface area contributed by atoms with Crippen LogP contribution in [0.15, 0.2) is 17.5 Å². The molecule has 1 rings (SSSR count). The van der Waals surface area contributed by atoms with Crippen LogP contribution in [0.2, 0.25) is 0 Å². The van der Waals surface area contributed by atoms with Gasteiger partial charge in [-0.15, -0.1) is 11.3 Å². The van der Waals surface area contributed by atoms with Crippen LogP contribution in [0.25, 0.3) is 6.08 Å². The summed E-state index contributed by atoms with van der Waals surface area (Å²) in [5.74, 6) is -1.40. The molecule has 6 nitrogen and oxygen atoms in total. The Morgan fingerprint density at radius 3 is 2.75 bits per heavy atom. The predicted molar refractivity (Wildman–Crippen MR) is 77.6 cm³/mol. The van der Waals surface area contributed by atoms with E-state index in [9.17, 15) is 18.0 Å². The molecule has 0 saturated carbocycles. The number of hydrogen-bond donors (Lipinski definition) is 2. The third kappa shape index (κ3) is 5.98. The van der Waals surface area contributed by atoms with Gasteiger partial charge in [-0.1, -0.05) is 0 Å². The monoisotopic (exact) mass is 317 g/mol. The Morgan fingerprint density at radius 1 is 1.45 bits per heavy atom. The summed E-state index contributed by atoms with van der Waals surface area (Å²) in [4.78, 5) is 22.7. The van der Waals surface area contributed by atoms with Gasteiger partial charge in [0.2, 0.25) is 0 Å². The number of aliphatic carboxylic acids is 1. The molecule has 0 radical (unpaired) electrons. The topological polar surface area (TPSA) is 101 Å². The van der Waals surface area contributed by atoms with Gasteiger partial charge in [-0.2, -0.15) is 0 Å². The Balaban J connectivity index is 2.56. The van der Waals surface area contributed by atoms with E-state index in [2.05, 4.69) is 5.32 Å². The van der Waals surface area contributed by atoms with Crippen molar-refractivity contribution in [2.45, 2.75) is 6.42 Å². The van der Waals surface area contributed by atoms with Gasteiger partial charge >= 0.3 is 5.97 Å². The second-order valence-electron chi connectivity index (χ2n) is 4.12. The lowest BCUT2D eigenvalue weighted by Crippen LogP contribution is -2.25. The lowest BCUT2D eigenvalue weighted by molar-refractivity contribution is -0.131. The fraction of sp³-hybridized carbons (Fsp3) is 0.333. The Labute approximate surface area is 121 Å². The first-order valence-electron chi connectivity index (χ1n) is 5.74. The molecular weight excluding hydrogens is 302 g/mol. The summed E-state index contributed by atoms with van der Waals surface area (Å²) < 4.78 is 21.9. The molecule has 20 heavy (non-hydrogen) atoms. The summed E-state index contributed by atoms with van der Waals surface area (Å²) in [7, 11) is -3.03. The van der Waals surface area contributed by atoms with Gasteiger partial charge in [0.1, 0.15) is 9.84 Å². The second kappa shape index (κ2) is 7.20. The maximum absolute atomic E-state index is 11.9. The maximum atomic E-state index is 11.9. The molecule has 0 spiro atoms. The molecule has 1 amide bonds. The van der Waals surface area contributed by atoms with Crippen molar-refractivity contribution in [3.63, 3.8) is 0 Å². The smallest absolute Gasteiger partial charge is 0.328 e. The molecule has 1 aromatic rings. The van der Waals surface area contributed by atoms with E-state index in [4.69, 9.17) is 5.11 Å². The Hall–Kier alpha value is -1.67. The molecule has 1 heterocycles. The highest BCUT2D eigenvalue weighted by Gasteiger charge is 2.11. The first kappa shape index (κ1) is 16.4. The van der Waals surface area contributed by atoms with Gasteiger partial charge in [0.15, 0.2) is 0 Å². The molecule has 0 unspecified atom stereocenters. The summed E-state index contributed by atoms with van der Waals surface area (Å²) in [6.45, 7) is 0.256. The maximum Gasteiger partial charge on any atom is 0.328 e. The molecule has 8 heteroatoms. The molecule has 110 valence electrons. The normalized spacial score (nSPS) is 11.7. The number of amides is 1. The SMILES string of the molecule is CS(=O)(=O)CCCNC(=O)c1sccc1C=CC(=O)O. The van der Waals surface area contributed by atoms with Crippen LogP contribution in [0.3, 0.4) is 0 Å². The molecule has 0 saturated heterocycles. The van der Waals surface area contributed by atoms with Crippen LogP contribution in [-0.4, -0.2) is 44.0 Å². The van der Waals surface area contributed by atoms with Crippen molar-refractivity contribution in [3.05, 3.63) is 28.0 Å². The molecule has 0 aliphatic carbocycles. The zero-order valence-electron chi connectivity index (χ0n) is 10.8. The summed E-state index contributed by atoms with van der Waals surface area (Å²) in [5, 5.41) is 12.8. The van der Waals surface area contributed by atoms with Crippen LogP contribution in [0, 0.1) is 0 Å². The van der Waals surface area contributed by atoms with Crippen LogP contribution in [0.4, 0.5) is 0 Å². The zero-order valence-corrected chi connectivity index (χ0v) is 12.5. The highest BCUT2D eigenvalue weighted by Crippen LogP contribution is 2.18. The summed E-state index contributed by atoms with van der Waals surface area (Å²) >= 11 is 1.20. The number of nitrogens with one attached hydrogen (secondary N) is 1. The average Bonchev–Trinajstić information content (AvgIpc) is 2.79. The molecule has 2 N–H and O–H groups in total. The van der Waals surface area contributed by atoms with Gasteiger partial charge in [0.25, 0.3) is 5.91 Å². The fourth-order valence-corrected chi connectivity index (χ4v) is 2.88. The largest absolute Gasteiger partial charge is 0.478 e. The predicted octanol–water partition coefficient (Wildman–Crippen LogP) is 1.01. The van der Waals surface area contributed by atoms with Crippen molar-refractivity contribution in [2.24, 2.45) is 0 Å². The number of rotatable bonds is 7. The van der Waals surface area contributed by atoms with Gasteiger partial charge in [-0.3, -0.25) is 4.79 Å². The summed E-state index contributed by atoms with van der Waals surface area (Å²) in [6.07, 6.45) is 3.80. The van der Waals surface area contributed by atoms with Crippen molar-refractivity contribution < 1.29 is 23.1 Å². The summed E-state index contributed by atoms with van der Waals surface area (Å²) in [6, 6.07) is 1.65. The number of hydrogen-bond acceptors (Lipinski definition) is 5. The second-order valence-corrected chi connectivity index (χ2v) is 7.29. The molecule has 0 atom stereocenters. The van der Waals surface area contributed by atoms with Gasteiger partial charge < -0.3 is 10.4 Å². The molecule has 0 aliphatic heterocycles. The molecule has 0 aliphatic rings. The summed E-state index contributed by atoms with van der Waals surface area (Å²) in [5.41, 5.74) is 0.526. The number of carboxylic acids is 1. The van der Waals surface area contributed by atoms with Crippen LogP contribution in [-0.2, 0) is 14.6 Å². The number of carboxylic acid groups (broad SMARTS) is 1. The van der Waals surface area contributed by atoms with Crippen molar-refractivity contribution in [1.29, 1.82) is 0 Å². The Kier molecular flexibility index (Phi) is 5.90. The van der Waals surface area contributed by atoms with Gasteiger partial charge in [-0.25, -0.2) is 13.2 Å². The third-order valence-electron chi connectivity index (χ3n) is 2.28. The van der Waals surface area contributed by atoms with E-state index in [1.54, 1.807) is 11.4 Å². The van der Waals surface area contributed by atoms with Crippen molar-refractivity contribution in [3.8, 4) is 0 Å². The van der Waals surface area contributed by atoms with Gasteiger partial charge in [0, 0.05) is 18.9 Å². The zero-order chi connectivity index (χ0) is 15.2. The van der Waals surface area contributed by atoms with E-state index < -0.39 is 15.8 Å². The van der Waals surface area contributed by atoms with E-state index in [0.29, 0.717) is 16.9 Å². The number of carbonyl (C=O) groups excluding carboxylic acids is 1. The molecule has 1 aromatic heterocycles. The quantitative estimate of drug-likeness (QED) is 0.577. The van der Waals surface area contributed by atoms with Crippen LogP contribution >= 0.6 is 11.3 Å². The van der Waals surface area contributed by atoms with Crippen LogP contribution in [0.5, 0.6) is 0 Å². The first-order valence-corrected chi connectivity index (χ1v) is 8.68. The van der Waals surface area contributed by atoms with E-state index in [0.717, 1.165) is 12.3 Å². The number of carbonyl (C=O) groups is 2. The molecule has 0 fully saturated rings. The lowest BCUT2D eigenvalue weighted by atomic mass is 10.2. The van der Waals surface area contributed by atoms with Crippen LogP contribution in [0.1, 0.15) is 21.7 Å². The standard InChI is InChI=1S/C12H15NO5S2/c1-20(17,18)8-2-6-13-12(16)11-9(5-7-19-11)3-4-10(14)15/h3-5,7H,2,6,8H2,1H3,(H,13,16)(H,14,15). The van der Waals surface area contributed by atoms with Crippen molar-refractivity contribution in [2.75, 3.05) is 18.6 Å². The van der Waals surface area contributed by atoms with Crippen molar-refractivity contribution in [1.82, 2.24) is 5.32 Å². The van der Waals surface area contributed by atoms with Crippen LogP contribution < -0.4 is 5.32 Å². The van der Waals surface area contributed by atoms with E-state index in [1.165, 1.54) is 17.4 Å². The van der Waals surface area contributed by atoms with E-state index in [-0.39, 0.29) is 18.2 Å². The third-order valence-corrected chi connectivity index (χ3v) is 4.24. The van der Waals surface area contributed by atoms with Crippen molar-refractivity contribution >= 4 is 39.1 Å². The molecule has 0 aromatic carbocycles. The Bertz CT molecular complexity index is 616. The number of sulfone groups is 1. The van der Waals surface area contributed by atoms with Gasteiger partial charge in [-0.05, 0) is 29.5 Å². The van der Waals surface area contributed by atoms with Gasteiger partial charge in [0.05, 0.1) is 10.6 Å². The molecular formula is C12H15NO5S2. The highest BCUT2D eigenvalue weighted by molar-refractivity contribution is 7.90. The minimum atomic E-state index is -3.03. The minimum absolute atomic E-state index is 0.0174. The minimum Gasteiger partial charge on any atom is -0.478 e. The highest BCUT2D eigenvalue weighted by atomic mass is 32.2. The van der Waals surface area contributed by atoms with E-state index in [1.807, 2.05) is 0 Å². The first-order chi connectivity index (χ1) is 9.29. The fourth-order valence-electron chi connectivity index (χ4n) is 1.41.